The molecule has 2 heterocycles. The summed E-state index contributed by atoms with van der Waals surface area (Å²) in [4.78, 5) is 4.24. The average molecular weight is 381 g/mol. The summed E-state index contributed by atoms with van der Waals surface area (Å²) >= 11 is 3.43. The molecule has 0 radical (unpaired) electrons. The van der Waals surface area contributed by atoms with Crippen molar-refractivity contribution < 1.29 is 9.84 Å². The van der Waals surface area contributed by atoms with Crippen molar-refractivity contribution in [3.8, 4) is 5.88 Å². The monoisotopic (exact) mass is 380 g/mol. The Morgan fingerprint density at radius 3 is 3.09 bits per heavy atom. The third-order valence-electron chi connectivity index (χ3n) is 4.27. The van der Waals surface area contributed by atoms with Gasteiger partial charge in [0.05, 0.1) is 13.2 Å². The largest absolute Gasteiger partial charge is 0.481 e. The molecule has 3 atom stereocenters. The van der Waals surface area contributed by atoms with Gasteiger partial charge in [0.1, 0.15) is 0 Å². The van der Waals surface area contributed by atoms with Crippen molar-refractivity contribution in [2.75, 3.05) is 7.11 Å². The number of aliphatic hydroxyl groups excluding tert-OH is 1. The van der Waals surface area contributed by atoms with Gasteiger partial charge < -0.3 is 15.2 Å². The number of nitrogens with zero attached hydrogens (tertiary/aromatic N) is 3. The number of methoxy groups -OCH3 is 1. The predicted octanol–water partition coefficient (Wildman–Crippen LogP) is 1.98. The summed E-state index contributed by atoms with van der Waals surface area (Å²) in [5.74, 6) is 1.05. The fourth-order valence-electron chi connectivity index (χ4n) is 3.18. The SMILES string of the molecule is COc1ncc(Br)cc1CN[C@@H]1CC(Cn2cccn2)C[C@H]1O. The molecule has 124 valence electrons. The second-order valence-corrected chi connectivity index (χ2v) is 6.86. The number of pyridine rings is 1. The molecule has 2 aromatic rings. The maximum atomic E-state index is 10.3. The van der Waals surface area contributed by atoms with E-state index < -0.39 is 0 Å². The highest BCUT2D eigenvalue weighted by Crippen LogP contribution is 2.28. The molecule has 1 unspecified atom stereocenters. The zero-order valence-electron chi connectivity index (χ0n) is 13.0. The van der Waals surface area contributed by atoms with Gasteiger partial charge in [-0.05, 0) is 46.8 Å². The quantitative estimate of drug-likeness (QED) is 0.801. The van der Waals surface area contributed by atoms with Crippen LogP contribution in [0.15, 0.2) is 35.2 Å². The van der Waals surface area contributed by atoms with Gasteiger partial charge in [-0.3, -0.25) is 4.68 Å². The van der Waals surface area contributed by atoms with Crippen LogP contribution >= 0.6 is 15.9 Å². The number of aliphatic hydroxyl groups is 1. The Kier molecular flexibility index (Phi) is 5.30. The lowest BCUT2D eigenvalue weighted by atomic mass is 10.1. The van der Waals surface area contributed by atoms with Crippen molar-refractivity contribution in [1.82, 2.24) is 20.1 Å². The van der Waals surface area contributed by atoms with Crippen molar-refractivity contribution in [1.29, 1.82) is 0 Å². The number of hydrogen-bond donors (Lipinski definition) is 2. The highest BCUT2D eigenvalue weighted by atomic mass is 79.9. The van der Waals surface area contributed by atoms with E-state index >= 15 is 0 Å². The maximum absolute atomic E-state index is 10.3. The minimum absolute atomic E-state index is 0.0826. The minimum Gasteiger partial charge on any atom is -0.481 e. The van der Waals surface area contributed by atoms with Crippen LogP contribution in [0.1, 0.15) is 18.4 Å². The molecule has 1 saturated carbocycles. The Bertz CT molecular complexity index is 635. The summed E-state index contributed by atoms with van der Waals surface area (Å²) in [7, 11) is 1.62. The smallest absolute Gasteiger partial charge is 0.217 e. The molecule has 1 aliphatic carbocycles. The van der Waals surface area contributed by atoms with Gasteiger partial charge in [-0.25, -0.2) is 4.98 Å². The van der Waals surface area contributed by atoms with E-state index in [2.05, 4.69) is 31.3 Å². The van der Waals surface area contributed by atoms with E-state index in [1.165, 1.54) is 0 Å². The van der Waals surface area contributed by atoms with E-state index in [9.17, 15) is 5.11 Å². The van der Waals surface area contributed by atoms with Crippen LogP contribution in [0.25, 0.3) is 0 Å². The van der Waals surface area contributed by atoms with Gasteiger partial charge in [0.15, 0.2) is 0 Å². The Balaban J connectivity index is 1.57. The first kappa shape index (κ1) is 16.4. The average Bonchev–Trinajstić information content (AvgIpc) is 3.15. The topological polar surface area (TPSA) is 72.2 Å². The van der Waals surface area contributed by atoms with Crippen LogP contribution in [0.4, 0.5) is 0 Å². The van der Waals surface area contributed by atoms with Crippen molar-refractivity contribution in [2.45, 2.75) is 38.1 Å². The highest BCUT2D eigenvalue weighted by Gasteiger charge is 2.32. The van der Waals surface area contributed by atoms with Crippen LogP contribution in [0.5, 0.6) is 5.88 Å². The van der Waals surface area contributed by atoms with Crippen LogP contribution in [0.2, 0.25) is 0 Å². The van der Waals surface area contributed by atoms with E-state index in [-0.39, 0.29) is 12.1 Å². The molecule has 7 heteroatoms. The molecular weight excluding hydrogens is 360 g/mol. The first-order valence-corrected chi connectivity index (χ1v) is 8.52. The van der Waals surface area contributed by atoms with Crippen LogP contribution in [0.3, 0.4) is 0 Å². The summed E-state index contributed by atoms with van der Waals surface area (Å²) in [5, 5.41) is 18.0. The zero-order chi connectivity index (χ0) is 16.2. The van der Waals surface area contributed by atoms with E-state index in [1.807, 2.05) is 23.0 Å². The first-order valence-electron chi connectivity index (χ1n) is 7.73. The van der Waals surface area contributed by atoms with Crippen LogP contribution in [-0.2, 0) is 13.1 Å². The predicted molar refractivity (Wildman–Crippen MR) is 90.1 cm³/mol. The Hall–Kier alpha value is -1.44. The van der Waals surface area contributed by atoms with Gasteiger partial charge >= 0.3 is 0 Å². The fourth-order valence-corrected chi connectivity index (χ4v) is 3.56. The maximum Gasteiger partial charge on any atom is 0.217 e. The molecule has 23 heavy (non-hydrogen) atoms. The minimum atomic E-state index is -0.332. The molecule has 0 aromatic carbocycles. The van der Waals surface area contributed by atoms with Gasteiger partial charge in [-0.15, -0.1) is 0 Å². The van der Waals surface area contributed by atoms with Crippen molar-refractivity contribution in [3.63, 3.8) is 0 Å². The van der Waals surface area contributed by atoms with E-state index in [4.69, 9.17) is 4.74 Å². The third kappa shape index (κ3) is 4.10. The number of halogens is 1. The Labute approximate surface area is 144 Å². The zero-order valence-corrected chi connectivity index (χ0v) is 14.6. The lowest BCUT2D eigenvalue weighted by molar-refractivity contribution is 0.145. The van der Waals surface area contributed by atoms with Gasteiger partial charge in [-0.1, -0.05) is 0 Å². The summed E-state index contributed by atoms with van der Waals surface area (Å²) in [6.45, 7) is 1.47. The molecule has 3 rings (SSSR count). The van der Waals surface area contributed by atoms with Crippen LogP contribution in [-0.4, -0.2) is 39.1 Å². The lowest BCUT2D eigenvalue weighted by Gasteiger charge is -2.17. The summed E-state index contributed by atoms with van der Waals surface area (Å²) < 4.78 is 8.13. The highest BCUT2D eigenvalue weighted by molar-refractivity contribution is 9.10. The molecule has 0 aliphatic heterocycles. The van der Waals surface area contributed by atoms with Gasteiger partial charge in [0.25, 0.3) is 0 Å². The van der Waals surface area contributed by atoms with Crippen molar-refractivity contribution >= 4 is 15.9 Å². The van der Waals surface area contributed by atoms with E-state index in [0.29, 0.717) is 18.3 Å². The normalized spacial score (nSPS) is 24.0. The molecule has 0 amide bonds. The molecule has 1 aliphatic rings. The second-order valence-electron chi connectivity index (χ2n) is 5.94. The number of hydrogen-bond acceptors (Lipinski definition) is 5. The fraction of sp³-hybridized carbons (Fsp3) is 0.500. The molecule has 0 saturated heterocycles. The Morgan fingerprint density at radius 2 is 2.35 bits per heavy atom. The molecule has 1 fully saturated rings. The van der Waals surface area contributed by atoms with E-state index in [1.54, 1.807) is 19.5 Å². The molecular formula is C16H21BrN4O2. The van der Waals surface area contributed by atoms with Crippen LogP contribution < -0.4 is 10.1 Å². The standard InChI is InChI=1S/C16H21BrN4O2/c1-23-16-12(7-13(17)9-19-16)8-18-14-5-11(6-15(14)22)10-21-4-2-3-20-21/h2-4,7,9,11,14-15,18,22H,5-6,8,10H2,1H3/t11?,14-,15-/m1/s1. The van der Waals surface area contributed by atoms with Gasteiger partial charge in [0.2, 0.25) is 5.88 Å². The summed E-state index contributed by atoms with van der Waals surface area (Å²) in [6.07, 6.45) is 6.86. The lowest BCUT2D eigenvalue weighted by Crippen LogP contribution is -2.35. The third-order valence-corrected chi connectivity index (χ3v) is 4.70. The second kappa shape index (κ2) is 7.42. The van der Waals surface area contributed by atoms with Crippen LogP contribution in [0, 0.1) is 5.92 Å². The summed E-state index contributed by atoms with van der Waals surface area (Å²) in [6, 6.07) is 3.99. The van der Waals surface area contributed by atoms with Gasteiger partial charge in [-0.2, -0.15) is 5.10 Å². The summed E-state index contributed by atoms with van der Waals surface area (Å²) in [5.41, 5.74) is 0.976. The molecule has 0 bridgehead atoms. The number of nitrogens with one attached hydrogen (secondary N) is 1. The van der Waals surface area contributed by atoms with Crippen molar-refractivity contribution in [3.05, 3.63) is 40.8 Å². The number of rotatable bonds is 6. The molecule has 0 spiro atoms. The van der Waals surface area contributed by atoms with Gasteiger partial charge in [0, 0.05) is 47.8 Å². The van der Waals surface area contributed by atoms with Crippen molar-refractivity contribution in [2.24, 2.45) is 5.92 Å². The molecule has 6 nitrogen and oxygen atoms in total. The number of ether oxygens (including phenoxy) is 1. The first-order chi connectivity index (χ1) is 11.2. The molecule has 2 aromatic heterocycles. The number of aromatic nitrogens is 3. The van der Waals surface area contributed by atoms with E-state index in [0.717, 1.165) is 29.4 Å². The Morgan fingerprint density at radius 1 is 1.48 bits per heavy atom. The molecule has 2 N–H and O–H groups in total.